The van der Waals surface area contributed by atoms with Gasteiger partial charge in [0.15, 0.2) is 5.16 Å². The first kappa shape index (κ1) is 19.7. The summed E-state index contributed by atoms with van der Waals surface area (Å²) in [4.78, 5) is 17.4. The SMILES string of the molecule is CCCCCn1c(=O)c2ccccc2n2c(SCc3ncc(C(C)C)o3)nnc12. The molecule has 0 unspecified atom stereocenters. The van der Waals surface area contributed by atoms with Crippen LogP contribution in [0.15, 0.2) is 44.8 Å². The van der Waals surface area contributed by atoms with Gasteiger partial charge >= 0.3 is 0 Å². The van der Waals surface area contributed by atoms with Crippen LogP contribution in [-0.2, 0) is 12.3 Å². The lowest BCUT2D eigenvalue weighted by Gasteiger charge is -2.10. The number of unbranched alkanes of at least 4 members (excludes halogenated alkanes) is 2. The van der Waals surface area contributed by atoms with Crippen molar-refractivity contribution in [1.82, 2.24) is 24.1 Å². The summed E-state index contributed by atoms with van der Waals surface area (Å²) in [5.74, 6) is 2.98. The summed E-state index contributed by atoms with van der Waals surface area (Å²) in [6.45, 7) is 6.94. The third kappa shape index (κ3) is 3.81. The van der Waals surface area contributed by atoms with E-state index in [1.807, 2.05) is 28.7 Å². The number of aryl methyl sites for hydroxylation is 1. The van der Waals surface area contributed by atoms with Crippen molar-refractivity contribution in [3.8, 4) is 0 Å². The molecule has 0 amide bonds. The van der Waals surface area contributed by atoms with Crippen LogP contribution < -0.4 is 5.56 Å². The van der Waals surface area contributed by atoms with Gasteiger partial charge in [0, 0.05) is 12.5 Å². The number of para-hydroxylation sites is 1. The summed E-state index contributed by atoms with van der Waals surface area (Å²) in [5.41, 5.74) is 0.810. The Morgan fingerprint density at radius 2 is 2.00 bits per heavy atom. The van der Waals surface area contributed by atoms with E-state index in [-0.39, 0.29) is 5.56 Å². The Hall–Kier alpha value is -2.61. The number of aromatic nitrogens is 5. The minimum absolute atomic E-state index is 0.0116. The number of benzene rings is 1. The number of oxazole rings is 1. The fourth-order valence-corrected chi connectivity index (χ4v) is 4.13. The van der Waals surface area contributed by atoms with Crippen LogP contribution in [0, 0.1) is 0 Å². The molecule has 0 aliphatic rings. The van der Waals surface area contributed by atoms with E-state index in [1.165, 1.54) is 11.8 Å². The van der Waals surface area contributed by atoms with E-state index in [9.17, 15) is 4.79 Å². The van der Waals surface area contributed by atoms with Gasteiger partial charge in [0.25, 0.3) is 5.56 Å². The maximum Gasteiger partial charge on any atom is 0.262 e. The average molecular weight is 412 g/mol. The van der Waals surface area contributed by atoms with Crippen molar-refractivity contribution in [1.29, 1.82) is 0 Å². The van der Waals surface area contributed by atoms with E-state index >= 15 is 0 Å². The lowest BCUT2D eigenvalue weighted by Crippen LogP contribution is -2.23. The molecule has 0 fully saturated rings. The Morgan fingerprint density at radius 1 is 1.17 bits per heavy atom. The van der Waals surface area contributed by atoms with Gasteiger partial charge in [-0.2, -0.15) is 0 Å². The molecule has 8 heteroatoms. The minimum atomic E-state index is -0.0116. The molecule has 7 nitrogen and oxygen atoms in total. The third-order valence-corrected chi connectivity index (χ3v) is 5.84. The Balaban J connectivity index is 1.74. The number of rotatable bonds is 8. The number of thioether (sulfide) groups is 1. The molecule has 0 radical (unpaired) electrons. The second-order valence-electron chi connectivity index (χ2n) is 7.40. The van der Waals surface area contributed by atoms with Crippen molar-refractivity contribution in [2.75, 3.05) is 0 Å². The summed E-state index contributed by atoms with van der Waals surface area (Å²) in [5, 5.41) is 10.1. The van der Waals surface area contributed by atoms with Crippen molar-refractivity contribution in [2.45, 2.75) is 63.4 Å². The van der Waals surface area contributed by atoms with Crippen LogP contribution in [0.25, 0.3) is 16.7 Å². The van der Waals surface area contributed by atoms with Crippen molar-refractivity contribution in [3.63, 3.8) is 0 Å². The van der Waals surface area contributed by atoms with Gasteiger partial charge in [-0.3, -0.25) is 13.8 Å². The summed E-state index contributed by atoms with van der Waals surface area (Å²) in [7, 11) is 0. The van der Waals surface area contributed by atoms with Crippen LogP contribution >= 0.6 is 11.8 Å². The smallest absolute Gasteiger partial charge is 0.262 e. The summed E-state index contributed by atoms with van der Waals surface area (Å²) in [6.07, 6.45) is 4.89. The number of nitrogens with zero attached hydrogens (tertiary/aromatic N) is 5. The van der Waals surface area contributed by atoms with Gasteiger partial charge in [-0.05, 0) is 18.6 Å². The van der Waals surface area contributed by atoms with Crippen LogP contribution in [0.3, 0.4) is 0 Å². The molecule has 3 aromatic heterocycles. The third-order valence-electron chi connectivity index (χ3n) is 4.93. The quantitative estimate of drug-likeness (QED) is 0.310. The number of hydrogen-bond acceptors (Lipinski definition) is 6. The fourth-order valence-electron chi connectivity index (χ4n) is 3.33. The Morgan fingerprint density at radius 3 is 2.76 bits per heavy atom. The largest absolute Gasteiger partial charge is 0.445 e. The second-order valence-corrected chi connectivity index (χ2v) is 8.34. The molecule has 3 heterocycles. The average Bonchev–Trinajstić information content (AvgIpc) is 3.36. The molecule has 4 rings (SSSR count). The van der Waals surface area contributed by atoms with Gasteiger partial charge < -0.3 is 4.42 Å². The molecule has 1 aromatic carbocycles. The lowest BCUT2D eigenvalue weighted by atomic mass is 10.2. The standard InChI is InChI=1S/C21H25N5O2S/c1-4-5-8-11-25-19(27)15-9-6-7-10-16(15)26-20(25)23-24-21(26)29-13-18-22-12-17(28-18)14(2)3/h6-7,9-10,12,14H,4-5,8,11,13H2,1-3H3. The zero-order chi connectivity index (χ0) is 20.4. The van der Waals surface area contributed by atoms with E-state index in [0.29, 0.717) is 35.3 Å². The normalized spacial score (nSPS) is 11.9. The molecule has 0 aliphatic heterocycles. The van der Waals surface area contributed by atoms with Crippen molar-refractivity contribution < 1.29 is 4.42 Å². The number of hydrogen-bond donors (Lipinski definition) is 0. The van der Waals surface area contributed by atoms with Gasteiger partial charge in [-0.15, -0.1) is 10.2 Å². The maximum atomic E-state index is 13.0. The Bertz CT molecular complexity index is 1190. The molecule has 0 saturated carbocycles. The van der Waals surface area contributed by atoms with Crippen molar-refractivity contribution in [3.05, 3.63) is 52.5 Å². The monoisotopic (exact) mass is 411 g/mol. The highest BCUT2D eigenvalue weighted by atomic mass is 32.2. The highest BCUT2D eigenvalue weighted by Gasteiger charge is 2.17. The lowest BCUT2D eigenvalue weighted by molar-refractivity contribution is 0.453. The van der Waals surface area contributed by atoms with Gasteiger partial charge in [-0.25, -0.2) is 4.98 Å². The van der Waals surface area contributed by atoms with E-state index < -0.39 is 0 Å². The molecule has 0 spiro atoms. The highest BCUT2D eigenvalue weighted by Crippen LogP contribution is 2.25. The van der Waals surface area contributed by atoms with Gasteiger partial charge in [-0.1, -0.05) is 57.5 Å². The van der Waals surface area contributed by atoms with Crippen LogP contribution in [0.4, 0.5) is 0 Å². The van der Waals surface area contributed by atoms with Crippen LogP contribution in [0.2, 0.25) is 0 Å². The van der Waals surface area contributed by atoms with E-state index in [4.69, 9.17) is 4.42 Å². The van der Waals surface area contributed by atoms with Gasteiger partial charge in [0.05, 0.1) is 22.9 Å². The predicted molar refractivity (Wildman–Crippen MR) is 114 cm³/mol. The van der Waals surface area contributed by atoms with Crippen LogP contribution in [-0.4, -0.2) is 24.1 Å². The van der Waals surface area contributed by atoms with Crippen molar-refractivity contribution >= 4 is 28.4 Å². The summed E-state index contributed by atoms with van der Waals surface area (Å²) in [6, 6.07) is 7.63. The molecule has 0 aliphatic carbocycles. The number of fused-ring (bicyclic) bond motifs is 3. The predicted octanol–water partition coefficient (Wildman–Crippen LogP) is 4.64. The zero-order valence-electron chi connectivity index (χ0n) is 17.0. The fraction of sp³-hybridized carbons (Fsp3) is 0.429. The van der Waals surface area contributed by atoms with Crippen LogP contribution in [0.1, 0.15) is 57.6 Å². The first-order valence-electron chi connectivity index (χ1n) is 10.0. The molecule has 0 N–H and O–H groups in total. The summed E-state index contributed by atoms with van der Waals surface area (Å²) >= 11 is 1.51. The van der Waals surface area contributed by atoms with Crippen LogP contribution in [0.5, 0.6) is 0 Å². The molecular formula is C21H25N5O2S. The Kier molecular flexibility index (Phi) is 5.71. The minimum Gasteiger partial charge on any atom is -0.445 e. The topological polar surface area (TPSA) is 78.2 Å². The summed E-state index contributed by atoms with van der Waals surface area (Å²) < 4.78 is 9.53. The maximum absolute atomic E-state index is 13.0. The van der Waals surface area contributed by atoms with Crippen molar-refractivity contribution in [2.24, 2.45) is 0 Å². The highest BCUT2D eigenvalue weighted by molar-refractivity contribution is 7.98. The van der Waals surface area contributed by atoms with Gasteiger partial charge in [0.1, 0.15) is 5.76 Å². The van der Waals surface area contributed by atoms with E-state index in [0.717, 1.165) is 35.7 Å². The zero-order valence-corrected chi connectivity index (χ0v) is 17.8. The molecular weight excluding hydrogens is 386 g/mol. The molecule has 29 heavy (non-hydrogen) atoms. The molecule has 0 saturated heterocycles. The van der Waals surface area contributed by atoms with E-state index in [2.05, 4.69) is 36.0 Å². The molecule has 0 atom stereocenters. The Labute approximate surface area is 173 Å². The first-order chi connectivity index (χ1) is 14.1. The first-order valence-corrected chi connectivity index (χ1v) is 11.0. The molecule has 0 bridgehead atoms. The second kappa shape index (κ2) is 8.41. The molecule has 152 valence electrons. The van der Waals surface area contributed by atoms with Gasteiger partial charge in [0.2, 0.25) is 11.7 Å². The molecule has 4 aromatic rings. The van der Waals surface area contributed by atoms with E-state index in [1.54, 1.807) is 10.8 Å².